The third kappa shape index (κ3) is 5.46. The van der Waals surface area contributed by atoms with Gasteiger partial charge in [0.05, 0.1) is 5.69 Å². The van der Waals surface area contributed by atoms with Crippen molar-refractivity contribution in [3.63, 3.8) is 0 Å². The monoisotopic (exact) mass is 438 g/mol. The molecule has 160 valence electrons. The molecule has 0 aliphatic carbocycles. The van der Waals surface area contributed by atoms with Crippen LogP contribution in [0.25, 0.3) is 22.4 Å². The van der Waals surface area contributed by atoms with Gasteiger partial charge < -0.3 is 5.32 Å². The van der Waals surface area contributed by atoms with E-state index in [9.17, 15) is 0 Å². The van der Waals surface area contributed by atoms with Crippen molar-refractivity contribution in [1.82, 2.24) is 4.98 Å². The number of rotatable bonds is 8. The van der Waals surface area contributed by atoms with Gasteiger partial charge in [-0.25, -0.2) is 0 Å². The number of hydrogen-bond donors (Lipinski definition) is 1. The van der Waals surface area contributed by atoms with Crippen LogP contribution in [-0.4, -0.2) is 4.98 Å². The van der Waals surface area contributed by atoms with Crippen LogP contribution in [0.3, 0.4) is 0 Å². The zero-order chi connectivity index (χ0) is 22.3. The summed E-state index contributed by atoms with van der Waals surface area (Å²) in [5.41, 5.74) is 8.84. The Balaban J connectivity index is 1.46. The minimum atomic E-state index is 0.728. The average molecular weight is 439 g/mol. The number of hydrogen-bond acceptors (Lipinski definition) is 2. The van der Waals surface area contributed by atoms with Gasteiger partial charge in [-0.1, -0.05) is 86.1 Å². The van der Waals surface area contributed by atoms with E-state index in [1.165, 1.54) is 17.5 Å². The second-order valence-electron chi connectivity index (χ2n) is 7.96. The Morgan fingerprint density at radius 2 is 1.50 bits per heavy atom. The molecular formula is C29H27ClN2. The van der Waals surface area contributed by atoms with Crippen molar-refractivity contribution >= 4 is 17.3 Å². The fourth-order valence-electron chi connectivity index (χ4n) is 3.82. The van der Waals surface area contributed by atoms with E-state index in [1.54, 1.807) is 0 Å². The summed E-state index contributed by atoms with van der Waals surface area (Å²) in [6.45, 7) is 6.42. The molecule has 1 aromatic heterocycles. The standard InChI is InChI=1S/C29H27ClN2/c1-3-5-22-7-9-23(10-8-22)20-21(2)32-27-17-13-25(14-18-27)29-28(6-4-19-31-29)24-11-15-26(30)16-12-24/h4,6-19,32H,2-3,5,20H2,1H3. The van der Waals surface area contributed by atoms with Crippen LogP contribution in [0, 0.1) is 0 Å². The highest BCUT2D eigenvalue weighted by molar-refractivity contribution is 6.30. The van der Waals surface area contributed by atoms with Crippen molar-refractivity contribution in [1.29, 1.82) is 0 Å². The number of anilines is 1. The summed E-state index contributed by atoms with van der Waals surface area (Å²) in [7, 11) is 0. The maximum Gasteiger partial charge on any atom is 0.0780 e. The van der Waals surface area contributed by atoms with E-state index in [4.69, 9.17) is 11.6 Å². The van der Waals surface area contributed by atoms with E-state index < -0.39 is 0 Å². The minimum Gasteiger partial charge on any atom is -0.359 e. The highest BCUT2D eigenvalue weighted by atomic mass is 35.5. The molecule has 0 unspecified atom stereocenters. The first-order chi connectivity index (χ1) is 15.6. The zero-order valence-electron chi connectivity index (χ0n) is 18.3. The summed E-state index contributed by atoms with van der Waals surface area (Å²) in [5.74, 6) is 0. The zero-order valence-corrected chi connectivity index (χ0v) is 19.1. The van der Waals surface area contributed by atoms with Gasteiger partial charge in [0, 0.05) is 40.2 Å². The highest BCUT2D eigenvalue weighted by Crippen LogP contribution is 2.31. The highest BCUT2D eigenvalue weighted by Gasteiger charge is 2.09. The lowest BCUT2D eigenvalue weighted by Crippen LogP contribution is -2.01. The number of aryl methyl sites for hydroxylation is 1. The van der Waals surface area contributed by atoms with E-state index in [-0.39, 0.29) is 0 Å². The van der Waals surface area contributed by atoms with Gasteiger partial charge in [0.25, 0.3) is 0 Å². The molecule has 0 aliphatic rings. The van der Waals surface area contributed by atoms with Gasteiger partial charge in [-0.15, -0.1) is 0 Å². The van der Waals surface area contributed by atoms with Gasteiger partial charge >= 0.3 is 0 Å². The summed E-state index contributed by atoms with van der Waals surface area (Å²) in [5, 5.41) is 4.16. The third-order valence-electron chi connectivity index (χ3n) is 5.42. The normalized spacial score (nSPS) is 10.7. The third-order valence-corrected chi connectivity index (χ3v) is 5.67. The molecule has 3 aromatic carbocycles. The largest absolute Gasteiger partial charge is 0.359 e. The Kier molecular flexibility index (Phi) is 7.03. The quantitative estimate of drug-likeness (QED) is 0.300. The van der Waals surface area contributed by atoms with Crippen molar-refractivity contribution in [3.05, 3.63) is 120 Å². The van der Waals surface area contributed by atoms with Crippen molar-refractivity contribution in [2.24, 2.45) is 0 Å². The first kappa shape index (κ1) is 21.9. The first-order valence-electron chi connectivity index (χ1n) is 11.0. The Morgan fingerprint density at radius 1 is 0.844 bits per heavy atom. The molecule has 4 aromatic rings. The van der Waals surface area contributed by atoms with Gasteiger partial charge in [-0.3, -0.25) is 4.98 Å². The van der Waals surface area contributed by atoms with Crippen LogP contribution in [0.2, 0.25) is 5.02 Å². The first-order valence-corrected chi connectivity index (χ1v) is 11.3. The smallest absolute Gasteiger partial charge is 0.0780 e. The van der Waals surface area contributed by atoms with E-state index in [0.717, 1.165) is 51.6 Å². The molecule has 1 N–H and O–H groups in total. The van der Waals surface area contributed by atoms with Crippen LogP contribution in [0.1, 0.15) is 24.5 Å². The molecule has 0 fully saturated rings. The van der Waals surface area contributed by atoms with Gasteiger partial charge in [0.1, 0.15) is 0 Å². The number of allylic oxidation sites excluding steroid dienone is 1. The summed E-state index contributed by atoms with van der Waals surface area (Å²) in [4.78, 5) is 4.64. The topological polar surface area (TPSA) is 24.9 Å². The van der Waals surface area contributed by atoms with Gasteiger partial charge in [-0.2, -0.15) is 0 Å². The SMILES string of the molecule is C=C(Cc1ccc(CCC)cc1)Nc1ccc(-c2ncccc2-c2ccc(Cl)cc2)cc1. The van der Waals surface area contributed by atoms with Crippen molar-refractivity contribution < 1.29 is 0 Å². The fourth-order valence-corrected chi connectivity index (χ4v) is 3.94. The number of aromatic nitrogens is 1. The summed E-state index contributed by atoms with van der Waals surface area (Å²) in [6, 6.07) is 29.1. The number of benzene rings is 3. The lowest BCUT2D eigenvalue weighted by molar-refractivity contribution is 0.920. The van der Waals surface area contributed by atoms with Crippen LogP contribution in [0.4, 0.5) is 5.69 Å². The Hall–Kier alpha value is -3.36. The van der Waals surface area contributed by atoms with Crippen molar-refractivity contribution in [2.75, 3.05) is 5.32 Å². The number of halogens is 1. The molecule has 32 heavy (non-hydrogen) atoms. The number of pyridine rings is 1. The minimum absolute atomic E-state index is 0.728. The Bertz CT molecular complexity index is 1180. The summed E-state index contributed by atoms with van der Waals surface area (Å²) >= 11 is 6.06. The van der Waals surface area contributed by atoms with E-state index in [0.29, 0.717) is 0 Å². The molecule has 2 nitrogen and oxygen atoms in total. The molecule has 0 amide bonds. The summed E-state index contributed by atoms with van der Waals surface area (Å²) < 4.78 is 0. The number of nitrogens with one attached hydrogen (secondary N) is 1. The maximum absolute atomic E-state index is 6.06. The molecule has 0 bridgehead atoms. The molecule has 0 spiro atoms. The summed E-state index contributed by atoms with van der Waals surface area (Å²) in [6.07, 6.45) is 4.93. The van der Waals surface area contributed by atoms with Crippen molar-refractivity contribution in [3.8, 4) is 22.4 Å². The van der Waals surface area contributed by atoms with Crippen LogP contribution in [-0.2, 0) is 12.8 Å². The van der Waals surface area contributed by atoms with Crippen molar-refractivity contribution in [2.45, 2.75) is 26.2 Å². The Morgan fingerprint density at radius 3 is 2.19 bits per heavy atom. The van der Waals surface area contributed by atoms with Gasteiger partial charge in [-0.05, 0) is 53.4 Å². The van der Waals surface area contributed by atoms with Crippen LogP contribution >= 0.6 is 11.6 Å². The van der Waals surface area contributed by atoms with Gasteiger partial charge in [0.2, 0.25) is 0 Å². The van der Waals surface area contributed by atoms with E-state index in [1.807, 2.05) is 36.5 Å². The second-order valence-corrected chi connectivity index (χ2v) is 8.39. The maximum atomic E-state index is 6.06. The lowest BCUT2D eigenvalue weighted by Gasteiger charge is -2.12. The molecule has 0 saturated carbocycles. The van der Waals surface area contributed by atoms with E-state index in [2.05, 4.69) is 78.4 Å². The molecule has 3 heteroatoms. The Labute approximate surface area is 195 Å². The lowest BCUT2D eigenvalue weighted by atomic mass is 9.99. The van der Waals surface area contributed by atoms with Crippen LogP contribution in [0.15, 0.2) is 103 Å². The van der Waals surface area contributed by atoms with Crippen LogP contribution in [0.5, 0.6) is 0 Å². The molecular weight excluding hydrogens is 412 g/mol. The fraction of sp³-hybridized carbons (Fsp3) is 0.138. The second kappa shape index (κ2) is 10.3. The molecule has 0 atom stereocenters. The molecule has 1 heterocycles. The van der Waals surface area contributed by atoms with Crippen LogP contribution < -0.4 is 5.32 Å². The molecule has 0 aliphatic heterocycles. The van der Waals surface area contributed by atoms with E-state index >= 15 is 0 Å². The molecule has 4 rings (SSSR count). The average Bonchev–Trinajstić information content (AvgIpc) is 2.82. The molecule has 0 saturated heterocycles. The number of nitrogens with zero attached hydrogens (tertiary/aromatic N) is 1. The molecule has 0 radical (unpaired) electrons. The predicted octanol–water partition coefficient (Wildman–Crippen LogP) is 8.19. The predicted molar refractivity (Wildman–Crippen MR) is 137 cm³/mol. The van der Waals surface area contributed by atoms with Gasteiger partial charge in [0.15, 0.2) is 0 Å².